The molecule has 1 aromatic rings. The van der Waals surface area contributed by atoms with Gasteiger partial charge in [-0.1, -0.05) is 12.8 Å². The second kappa shape index (κ2) is 3.03. The average molecular weight is 181 g/mol. The van der Waals surface area contributed by atoms with Crippen LogP contribution in [0.15, 0.2) is 12.4 Å². The highest BCUT2D eigenvalue weighted by atomic mass is 16.3. The summed E-state index contributed by atoms with van der Waals surface area (Å²) in [5.41, 5.74) is 5.64. The third-order valence-electron chi connectivity index (χ3n) is 2.64. The highest BCUT2D eigenvalue weighted by Crippen LogP contribution is 2.30. The number of hydrogen-bond acceptors (Lipinski definition) is 3. The Kier molecular flexibility index (Phi) is 2.00. The average Bonchev–Trinajstić information content (AvgIpc) is 2.62. The molecular weight excluding hydrogens is 166 g/mol. The Labute approximate surface area is 77.4 Å². The van der Waals surface area contributed by atoms with Crippen LogP contribution in [0.4, 0.5) is 5.69 Å². The highest BCUT2D eigenvalue weighted by Gasteiger charge is 2.31. The molecule has 0 bridgehead atoms. The lowest BCUT2D eigenvalue weighted by Crippen LogP contribution is -2.30. The van der Waals surface area contributed by atoms with Crippen molar-refractivity contribution in [3.63, 3.8) is 0 Å². The molecule has 0 saturated heterocycles. The molecule has 0 spiro atoms. The van der Waals surface area contributed by atoms with E-state index in [-0.39, 0.29) is 0 Å². The van der Waals surface area contributed by atoms with Crippen LogP contribution in [0.2, 0.25) is 0 Å². The monoisotopic (exact) mass is 181 g/mol. The normalized spacial score (nSPS) is 20.7. The van der Waals surface area contributed by atoms with E-state index in [1.165, 1.54) is 0 Å². The van der Waals surface area contributed by atoms with E-state index in [0.717, 1.165) is 25.7 Å². The summed E-state index contributed by atoms with van der Waals surface area (Å²) in [5.74, 6) is 0. The number of anilines is 1. The molecule has 13 heavy (non-hydrogen) atoms. The number of nitrogen functional groups attached to an aromatic ring is 1. The second-order valence-corrected chi connectivity index (χ2v) is 3.90. The van der Waals surface area contributed by atoms with Crippen molar-refractivity contribution in [1.82, 2.24) is 9.78 Å². The fraction of sp³-hybridized carbons (Fsp3) is 0.667. The molecular formula is C9H15N3O. The third-order valence-corrected chi connectivity index (χ3v) is 2.64. The van der Waals surface area contributed by atoms with Crippen molar-refractivity contribution in [2.45, 2.75) is 37.8 Å². The van der Waals surface area contributed by atoms with Crippen LogP contribution in [-0.2, 0) is 6.54 Å². The van der Waals surface area contributed by atoms with Crippen LogP contribution in [0, 0.1) is 0 Å². The van der Waals surface area contributed by atoms with Crippen LogP contribution >= 0.6 is 0 Å². The van der Waals surface area contributed by atoms with Crippen LogP contribution in [0.1, 0.15) is 25.7 Å². The van der Waals surface area contributed by atoms with Crippen molar-refractivity contribution >= 4 is 5.69 Å². The van der Waals surface area contributed by atoms with Crippen molar-refractivity contribution in [3.8, 4) is 0 Å². The number of aliphatic hydroxyl groups is 1. The second-order valence-electron chi connectivity index (χ2n) is 3.90. The number of nitrogens with two attached hydrogens (primary N) is 1. The predicted octanol–water partition coefficient (Wildman–Crippen LogP) is 0.770. The quantitative estimate of drug-likeness (QED) is 0.708. The summed E-state index contributed by atoms with van der Waals surface area (Å²) in [6.45, 7) is 0.574. The zero-order valence-corrected chi connectivity index (χ0v) is 7.61. The minimum atomic E-state index is -0.543. The Morgan fingerprint density at radius 2 is 2.23 bits per heavy atom. The van der Waals surface area contributed by atoms with Crippen LogP contribution in [-0.4, -0.2) is 20.5 Å². The third kappa shape index (κ3) is 1.83. The van der Waals surface area contributed by atoms with Gasteiger partial charge in [0.2, 0.25) is 0 Å². The van der Waals surface area contributed by atoms with E-state index < -0.39 is 5.60 Å². The fourth-order valence-electron chi connectivity index (χ4n) is 1.96. The molecule has 1 saturated carbocycles. The van der Waals surface area contributed by atoms with Crippen molar-refractivity contribution in [3.05, 3.63) is 12.4 Å². The number of nitrogens with zero attached hydrogens (tertiary/aromatic N) is 2. The lowest BCUT2D eigenvalue weighted by molar-refractivity contribution is 0.0265. The zero-order chi connectivity index (χ0) is 9.31. The maximum Gasteiger partial charge on any atom is 0.0842 e. The van der Waals surface area contributed by atoms with Gasteiger partial charge < -0.3 is 10.8 Å². The Morgan fingerprint density at radius 1 is 1.54 bits per heavy atom. The van der Waals surface area contributed by atoms with E-state index in [0.29, 0.717) is 12.2 Å². The van der Waals surface area contributed by atoms with E-state index in [1.807, 2.05) is 0 Å². The molecule has 0 amide bonds. The molecule has 1 aliphatic rings. The van der Waals surface area contributed by atoms with E-state index >= 15 is 0 Å². The summed E-state index contributed by atoms with van der Waals surface area (Å²) in [6.07, 6.45) is 7.37. The van der Waals surface area contributed by atoms with Crippen LogP contribution in [0.25, 0.3) is 0 Å². The first-order valence-electron chi connectivity index (χ1n) is 4.68. The minimum absolute atomic E-state index is 0.543. The Morgan fingerprint density at radius 3 is 2.77 bits per heavy atom. The largest absolute Gasteiger partial charge is 0.396 e. The first-order chi connectivity index (χ1) is 6.18. The van der Waals surface area contributed by atoms with Crippen molar-refractivity contribution in [1.29, 1.82) is 0 Å². The summed E-state index contributed by atoms with van der Waals surface area (Å²) >= 11 is 0. The Bertz CT molecular complexity index is 289. The summed E-state index contributed by atoms with van der Waals surface area (Å²) in [5, 5.41) is 14.1. The summed E-state index contributed by atoms with van der Waals surface area (Å²) in [7, 11) is 0. The van der Waals surface area contributed by atoms with Crippen LogP contribution in [0.3, 0.4) is 0 Å². The molecule has 1 aromatic heterocycles. The summed E-state index contributed by atoms with van der Waals surface area (Å²) in [6, 6.07) is 0. The van der Waals surface area contributed by atoms with Crippen LogP contribution in [0.5, 0.6) is 0 Å². The maximum atomic E-state index is 10.1. The minimum Gasteiger partial charge on any atom is -0.396 e. The molecule has 3 N–H and O–H groups in total. The lowest BCUT2D eigenvalue weighted by atomic mass is 10.0. The van der Waals surface area contributed by atoms with Gasteiger partial charge in [0.25, 0.3) is 0 Å². The van der Waals surface area contributed by atoms with E-state index in [1.54, 1.807) is 17.1 Å². The van der Waals surface area contributed by atoms with Gasteiger partial charge in [0.05, 0.1) is 24.0 Å². The molecule has 0 aliphatic heterocycles. The summed E-state index contributed by atoms with van der Waals surface area (Å²) in [4.78, 5) is 0. The topological polar surface area (TPSA) is 64.1 Å². The molecule has 0 aromatic carbocycles. The molecule has 0 unspecified atom stereocenters. The molecule has 0 radical (unpaired) electrons. The Hall–Kier alpha value is -1.03. The van der Waals surface area contributed by atoms with Gasteiger partial charge in [0.1, 0.15) is 0 Å². The van der Waals surface area contributed by atoms with Crippen LogP contribution < -0.4 is 5.73 Å². The smallest absolute Gasteiger partial charge is 0.0842 e. The lowest BCUT2D eigenvalue weighted by Gasteiger charge is -2.21. The van der Waals surface area contributed by atoms with E-state index in [4.69, 9.17) is 5.73 Å². The zero-order valence-electron chi connectivity index (χ0n) is 7.61. The van der Waals surface area contributed by atoms with Gasteiger partial charge in [-0.25, -0.2) is 0 Å². The standard InChI is InChI=1S/C9H15N3O/c10-8-5-11-12(6-8)7-9(13)3-1-2-4-9/h5-6,13H,1-4,7,10H2. The highest BCUT2D eigenvalue weighted by molar-refractivity contribution is 5.30. The predicted molar refractivity (Wildman–Crippen MR) is 50.1 cm³/mol. The molecule has 1 fully saturated rings. The first-order valence-corrected chi connectivity index (χ1v) is 4.68. The molecule has 1 heterocycles. The van der Waals surface area contributed by atoms with Crippen molar-refractivity contribution in [2.24, 2.45) is 0 Å². The molecule has 1 aliphatic carbocycles. The van der Waals surface area contributed by atoms with Gasteiger partial charge in [-0.05, 0) is 12.8 Å². The maximum absolute atomic E-state index is 10.1. The Balaban J connectivity index is 2.04. The molecule has 72 valence electrons. The molecule has 4 nitrogen and oxygen atoms in total. The number of hydrogen-bond donors (Lipinski definition) is 2. The molecule has 0 atom stereocenters. The number of aromatic nitrogens is 2. The van der Waals surface area contributed by atoms with E-state index in [2.05, 4.69) is 5.10 Å². The number of rotatable bonds is 2. The molecule has 2 rings (SSSR count). The van der Waals surface area contributed by atoms with Gasteiger partial charge >= 0.3 is 0 Å². The van der Waals surface area contributed by atoms with Gasteiger partial charge in [-0.15, -0.1) is 0 Å². The van der Waals surface area contributed by atoms with Gasteiger partial charge in [-0.2, -0.15) is 5.10 Å². The first kappa shape index (κ1) is 8.56. The van der Waals surface area contributed by atoms with Gasteiger partial charge in [0.15, 0.2) is 0 Å². The summed E-state index contributed by atoms with van der Waals surface area (Å²) < 4.78 is 1.72. The van der Waals surface area contributed by atoms with Crippen molar-refractivity contribution in [2.75, 3.05) is 5.73 Å². The fourth-order valence-corrected chi connectivity index (χ4v) is 1.96. The van der Waals surface area contributed by atoms with E-state index in [9.17, 15) is 5.11 Å². The van der Waals surface area contributed by atoms with Crippen molar-refractivity contribution < 1.29 is 5.11 Å². The van der Waals surface area contributed by atoms with Gasteiger partial charge in [0, 0.05) is 6.20 Å². The molecule has 4 heteroatoms. The van der Waals surface area contributed by atoms with Gasteiger partial charge in [-0.3, -0.25) is 4.68 Å². The SMILES string of the molecule is Nc1cnn(CC2(O)CCCC2)c1.